The molecule has 0 bridgehead atoms. The van der Waals surface area contributed by atoms with E-state index in [1.807, 2.05) is 0 Å². The molecule has 1 aliphatic heterocycles. The number of hydrogen-bond acceptors (Lipinski definition) is 4. The number of hydrogen-bond donors (Lipinski definition) is 1. The summed E-state index contributed by atoms with van der Waals surface area (Å²) in [7, 11) is 0. The maximum absolute atomic E-state index is 11.0. The highest BCUT2D eigenvalue weighted by Gasteiger charge is 2.22. The van der Waals surface area contributed by atoms with Crippen LogP contribution in [-0.2, 0) is 4.74 Å². The minimum atomic E-state index is -1.08. The van der Waals surface area contributed by atoms with Crippen LogP contribution in [0.15, 0.2) is 12.3 Å². The molecule has 0 aromatic carbocycles. The van der Waals surface area contributed by atoms with E-state index < -0.39 is 5.97 Å². The second kappa shape index (κ2) is 4.67. The first-order valence-electron chi connectivity index (χ1n) is 4.80. The third kappa shape index (κ3) is 2.25. The van der Waals surface area contributed by atoms with Crippen LogP contribution in [0.5, 0.6) is 5.75 Å². The van der Waals surface area contributed by atoms with Gasteiger partial charge in [-0.15, -0.1) is 0 Å². The topological polar surface area (TPSA) is 68.7 Å². The fourth-order valence-corrected chi connectivity index (χ4v) is 1.68. The van der Waals surface area contributed by atoms with E-state index in [1.165, 1.54) is 12.3 Å². The zero-order valence-electron chi connectivity index (χ0n) is 8.35. The van der Waals surface area contributed by atoms with Gasteiger partial charge in [-0.25, -0.2) is 9.78 Å². The molecule has 1 saturated heterocycles. The molecule has 0 spiro atoms. The van der Waals surface area contributed by atoms with Crippen LogP contribution >= 0.6 is 11.6 Å². The fourth-order valence-electron chi connectivity index (χ4n) is 1.48. The Hall–Kier alpha value is -1.33. The van der Waals surface area contributed by atoms with Crippen molar-refractivity contribution in [3.05, 3.63) is 23.0 Å². The SMILES string of the molecule is O=C(O)c1ccnc(Cl)c1OC1CCOC1. The van der Waals surface area contributed by atoms with Crippen molar-refractivity contribution in [3.63, 3.8) is 0 Å². The normalized spacial score (nSPS) is 19.7. The molecule has 1 N–H and O–H groups in total. The highest BCUT2D eigenvalue weighted by molar-refractivity contribution is 6.31. The molecule has 0 amide bonds. The minimum Gasteiger partial charge on any atom is -0.484 e. The number of carboxylic acid groups (broad SMARTS) is 1. The second-order valence-corrected chi connectivity index (χ2v) is 3.75. The number of pyridine rings is 1. The van der Waals surface area contributed by atoms with Crippen LogP contribution in [0.1, 0.15) is 16.8 Å². The molecule has 2 rings (SSSR count). The lowest BCUT2D eigenvalue weighted by molar-refractivity contribution is 0.0687. The number of nitrogens with zero attached hydrogens (tertiary/aromatic N) is 1. The number of carboxylic acids is 1. The van der Waals surface area contributed by atoms with Gasteiger partial charge in [0.05, 0.1) is 13.2 Å². The maximum Gasteiger partial charge on any atom is 0.339 e. The molecule has 0 aliphatic carbocycles. The van der Waals surface area contributed by atoms with Gasteiger partial charge >= 0.3 is 5.97 Å². The number of aromatic nitrogens is 1. The summed E-state index contributed by atoms with van der Waals surface area (Å²) in [6.07, 6.45) is 1.91. The van der Waals surface area contributed by atoms with Crippen molar-refractivity contribution in [1.29, 1.82) is 0 Å². The van der Waals surface area contributed by atoms with Crippen LogP contribution in [0, 0.1) is 0 Å². The third-order valence-electron chi connectivity index (χ3n) is 2.26. The zero-order chi connectivity index (χ0) is 11.5. The van der Waals surface area contributed by atoms with Gasteiger partial charge in [0.15, 0.2) is 10.9 Å². The minimum absolute atomic E-state index is 0.0203. The number of rotatable bonds is 3. The smallest absolute Gasteiger partial charge is 0.339 e. The van der Waals surface area contributed by atoms with Crippen molar-refractivity contribution in [2.24, 2.45) is 0 Å². The quantitative estimate of drug-likeness (QED) is 0.817. The number of aromatic carboxylic acids is 1. The van der Waals surface area contributed by atoms with Crippen molar-refractivity contribution in [1.82, 2.24) is 4.98 Å². The molecule has 0 radical (unpaired) electrons. The molecule has 5 nitrogen and oxygen atoms in total. The van der Waals surface area contributed by atoms with Gasteiger partial charge in [-0.1, -0.05) is 11.6 Å². The third-order valence-corrected chi connectivity index (χ3v) is 2.53. The summed E-state index contributed by atoms with van der Waals surface area (Å²) in [6.45, 7) is 1.06. The van der Waals surface area contributed by atoms with Gasteiger partial charge < -0.3 is 14.6 Å². The first-order valence-corrected chi connectivity index (χ1v) is 5.18. The van der Waals surface area contributed by atoms with Gasteiger partial charge in [0.2, 0.25) is 0 Å². The van der Waals surface area contributed by atoms with Gasteiger partial charge in [0.1, 0.15) is 11.7 Å². The van der Waals surface area contributed by atoms with E-state index in [0.29, 0.717) is 13.2 Å². The number of ether oxygens (including phenoxy) is 2. The highest BCUT2D eigenvalue weighted by Crippen LogP contribution is 2.28. The van der Waals surface area contributed by atoms with E-state index in [2.05, 4.69) is 4.98 Å². The van der Waals surface area contributed by atoms with Gasteiger partial charge in [0.25, 0.3) is 0 Å². The predicted octanol–water partition coefficient (Wildman–Crippen LogP) is 1.60. The van der Waals surface area contributed by atoms with Crippen LogP contribution in [0.4, 0.5) is 0 Å². The molecule has 1 aliphatic rings. The second-order valence-electron chi connectivity index (χ2n) is 3.39. The average Bonchev–Trinajstić information content (AvgIpc) is 2.73. The van der Waals surface area contributed by atoms with Crippen LogP contribution < -0.4 is 4.74 Å². The molecule has 0 saturated carbocycles. The average molecular weight is 244 g/mol. The Bertz CT molecular complexity index is 404. The molecule has 1 fully saturated rings. The summed E-state index contributed by atoms with van der Waals surface area (Å²) in [5.41, 5.74) is 0.0203. The zero-order valence-corrected chi connectivity index (χ0v) is 9.11. The lowest BCUT2D eigenvalue weighted by atomic mass is 10.2. The van der Waals surface area contributed by atoms with Gasteiger partial charge in [-0.2, -0.15) is 0 Å². The molecule has 16 heavy (non-hydrogen) atoms. The monoisotopic (exact) mass is 243 g/mol. The summed E-state index contributed by atoms with van der Waals surface area (Å²) < 4.78 is 10.6. The number of carbonyl (C=O) groups is 1. The van der Waals surface area contributed by atoms with Gasteiger partial charge in [-0.05, 0) is 6.07 Å². The predicted molar refractivity (Wildman–Crippen MR) is 56.1 cm³/mol. The Balaban J connectivity index is 2.26. The van der Waals surface area contributed by atoms with Crippen molar-refractivity contribution in [3.8, 4) is 5.75 Å². The van der Waals surface area contributed by atoms with Crippen molar-refractivity contribution < 1.29 is 19.4 Å². The fraction of sp³-hybridized carbons (Fsp3) is 0.400. The summed E-state index contributed by atoms with van der Waals surface area (Å²) in [4.78, 5) is 14.8. The molecule has 86 valence electrons. The number of halogens is 1. The van der Waals surface area contributed by atoms with Gasteiger partial charge in [-0.3, -0.25) is 0 Å². The van der Waals surface area contributed by atoms with E-state index in [1.54, 1.807) is 0 Å². The molecule has 6 heteroatoms. The molecular formula is C10H10ClNO4. The van der Waals surface area contributed by atoms with Crippen molar-refractivity contribution in [2.45, 2.75) is 12.5 Å². The lowest BCUT2D eigenvalue weighted by Gasteiger charge is -2.14. The first-order chi connectivity index (χ1) is 7.68. The van der Waals surface area contributed by atoms with Crippen LogP contribution in [-0.4, -0.2) is 35.4 Å². The molecule has 1 aromatic heterocycles. The Kier molecular flexibility index (Phi) is 3.26. The van der Waals surface area contributed by atoms with Crippen LogP contribution in [0.3, 0.4) is 0 Å². The molecular weight excluding hydrogens is 234 g/mol. The van der Waals surface area contributed by atoms with Crippen LogP contribution in [0.2, 0.25) is 5.15 Å². The van der Waals surface area contributed by atoms with Crippen molar-refractivity contribution in [2.75, 3.05) is 13.2 Å². The molecule has 1 unspecified atom stereocenters. The van der Waals surface area contributed by atoms with Gasteiger partial charge in [0, 0.05) is 12.6 Å². The summed E-state index contributed by atoms with van der Waals surface area (Å²) >= 11 is 5.81. The van der Waals surface area contributed by atoms with E-state index in [9.17, 15) is 4.79 Å². The van der Waals surface area contributed by atoms with Crippen LogP contribution in [0.25, 0.3) is 0 Å². The first kappa shape index (κ1) is 11.2. The standard InChI is InChI=1S/C10H10ClNO4/c11-9-8(16-6-2-4-15-5-6)7(10(13)14)1-3-12-9/h1,3,6H,2,4-5H2,(H,13,14). The molecule has 1 atom stereocenters. The summed E-state index contributed by atoms with van der Waals surface area (Å²) in [5, 5.41) is 9.03. The Labute approximate surface area is 97.0 Å². The van der Waals surface area contributed by atoms with Crippen molar-refractivity contribution >= 4 is 17.6 Å². The highest BCUT2D eigenvalue weighted by atomic mass is 35.5. The Morgan fingerprint density at radius 1 is 1.69 bits per heavy atom. The van der Waals surface area contributed by atoms with E-state index in [-0.39, 0.29) is 22.6 Å². The molecule has 2 heterocycles. The summed E-state index contributed by atoms with van der Waals surface area (Å²) in [5.74, 6) is -0.967. The van der Waals surface area contributed by atoms with E-state index in [0.717, 1.165) is 6.42 Å². The van der Waals surface area contributed by atoms with E-state index in [4.69, 9.17) is 26.2 Å². The largest absolute Gasteiger partial charge is 0.484 e. The molecule has 1 aromatic rings. The maximum atomic E-state index is 11.0. The van der Waals surface area contributed by atoms with E-state index >= 15 is 0 Å². The Morgan fingerprint density at radius 3 is 3.12 bits per heavy atom. The lowest BCUT2D eigenvalue weighted by Crippen LogP contribution is -2.18. The Morgan fingerprint density at radius 2 is 2.50 bits per heavy atom. The summed E-state index contributed by atoms with van der Waals surface area (Å²) in [6, 6.07) is 1.36.